The lowest BCUT2D eigenvalue weighted by molar-refractivity contribution is -0.117. The van der Waals surface area contributed by atoms with E-state index in [1.165, 1.54) is 0 Å². The molecule has 4 aromatic rings. The van der Waals surface area contributed by atoms with E-state index in [4.69, 9.17) is 0 Å². The summed E-state index contributed by atoms with van der Waals surface area (Å²) in [5.74, 6) is 0.601. The number of aryl methyl sites for hydroxylation is 1. The van der Waals surface area contributed by atoms with Crippen molar-refractivity contribution in [3.8, 4) is 5.69 Å². The Balaban J connectivity index is 1.22. The van der Waals surface area contributed by atoms with E-state index in [0.717, 1.165) is 48.3 Å². The van der Waals surface area contributed by atoms with Gasteiger partial charge in [0.1, 0.15) is 5.82 Å². The zero-order valence-corrected chi connectivity index (χ0v) is 18.0. The van der Waals surface area contributed by atoms with Crippen LogP contribution in [0.1, 0.15) is 24.6 Å². The number of H-pyrrole nitrogens is 1. The minimum Gasteiger partial charge on any atom is -0.309 e. The van der Waals surface area contributed by atoms with Gasteiger partial charge in [0.15, 0.2) is 0 Å². The number of amides is 1. The lowest BCUT2D eigenvalue weighted by Gasteiger charge is -2.32. The van der Waals surface area contributed by atoms with E-state index in [1.54, 1.807) is 4.68 Å². The number of nitrogens with zero attached hydrogens (tertiary/aromatic N) is 4. The number of piperidine rings is 1. The molecule has 0 bridgehead atoms. The highest BCUT2D eigenvalue weighted by molar-refractivity contribution is 5.91. The van der Waals surface area contributed by atoms with Crippen LogP contribution in [0.3, 0.4) is 0 Å². The van der Waals surface area contributed by atoms with Crippen LogP contribution in [0, 0.1) is 6.92 Å². The molecule has 8 nitrogen and oxygen atoms in total. The molecular formula is C24H26N6O2. The van der Waals surface area contributed by atoms with Crippen molar-refractivity contribution in [2.24, 2.45) is 0 Å². The van der Waals surface area contributed by atoms with E-state index >= 15 is 0 Å². The second kappa shape index (κ2) is 8.47. The van der Waals surface area contributed by atoms with Crippen LogP contribution in [0.25, 0.3) is 16.7 Å². The Kier molecular flexibility index (Phi) is 5.36. The summed E-state index contributed by atoms with van der Waals surface area (Å²) in [7, 11) is 0. The zero-order valence-electron chi connectivity index (χ0n) is 18.0. The number of hydrogen-bond donors (Lipinski definition) is 2. The lowest BCUT2D eigenvalue weighted by Crippen LogP contribution is -2.41. The highest BCUT2D eigenvalue weighted by Gasteiger charge is 2.25. The highest BCUT2D eigenvalue weighted by Crippen LogP contribution is 2.25. The van der Waals surface area contributed by atoms with Crippen molar-refractivity contribution >= 4 is 22.8 Å². The molecular weight excluding hydrogens is 404 g/mol. The predicted molar refractivity (Wildman–Crippen MR) is 124 cm³/mol. The highest BCUT2D eigenvalue weighted by atomic mass is 16.2. The fourth-order valence-corrected chi connectivity index (χ4v) is 4.51. The van der Waals surface area contributed by atoms with Gasteiger partial charge in [0, 0.05) is 25.2 Å². The number of imidazole rings is 1. The maximum absolute atomic E-state index is 12.8. The van der Waals surface area contributed by atoms with Crippen LogP contribution in [-0.2, 0) is 4.79 Å². The smallest absolute Gasteiger partial charge is 0.309 e. The molecule has 8 heteroatoms. The summed E-state index contributed by atoms with van der Waals surface area (Å²) in [6, 6.07) is 19.6. The quantitative estimate of drug-likeness (QED) is 0.509. The normalized spacial score (nSPS) is 15.3. The first-order valence-corrected chi connectivity index (χ1v) is 10.9. The van der Waals surface area contributed by atoms with Crippen LogP contribution < -0.4 is 11.0 Å². The number of benzene rings is 2. The van der Waals surface area contributed by atoms with Gasteiger partial charge in [-0.3, -0.25) is 14.3 Å². The van der Waals surface area contributed by atoms with E-state index in [-0.39, 0.29) is 17.6 Å². The van der Waals surface area contributed by atoms with E-state index in [2.05, 4.69) is 20.3 Å². The number of fused-ring (bicyclic) bond motifs is 1. The number of rotatable bonds is 5. The SMILES string of the molecule is Cc1cc(NC(=O)CN2CCC(n3c(=O)[nH]c4ccccc43)CC2)n(-c2ccccc2)n1. The number of anilines is 1. The molecule has 0 spiro atoms. The number of carbonyl (C=O) groups is 1. The van der Waals surface area contributed by atoms with Crippen molar-refractivity contribution in [3.05, 3.63) is 76.8 Å². The summed E-state index contributed by atoms with van der Waals surface area (Å²) >= 11 is 0. The van der Waals surface area contributed by atoms with Crippen molar-refractivity contribution in [3.63, 3.8) is 0 Å². The van der Waals surface area contributed by atoms with Crippen LogP contribution in [0.2, 0.25) is 0 Å². The summed E-state index contributed by atoms with van der Waals surface area (Å²) in [6.07, 6.45) is 1.66. The average molecular weight is 431 g/mol. The van der Waals surface area contributed by atoms with E-state index < -0.39 is 0 Å². The second-order valence-corrected chi connectivity index (χ2v) is 8.29. The van der Waals surface area contributed by atoms with Gasteiger partial charge in [-0.25, -0.2) is 9.48 Å². The Bertz CT molecular complexity index is 1300. The molecule has 0 unspecified atom stereocenters. The van der Waals surface area contributed by atoms with E-state index in [1.807, 2.05) is 72.2 Å². The lowest BCUT2D eigenvalue weighted by atomic mass is 10.0. The predicted octanol–water partition coefficient (Wildman–Crippen LogP) is 3.10. The van der Waals surface area contributed by atoms with Crippen molar-refractivity contribution in [1.29, 1.82) is 0 Å². The molecule has 164 valence electrons. The Morgan fingerprint density at radius 1 is 1.09 bits per heavy atom. The van der Waals surface area contributed by atoms with Gasteiger partial charge in [0.25, 0.3) is 0 Å². The standard InChI is InChI=1S/C24H26N6O2/c1-17-15-22(30(27-17)19-7-3-2-4-8-19)26-23(31)16-28-13-11-18(12-14-28)29-21-10-6-5-9-20(21)25-24(29)32/h2-10,15,18H,11-14,16H2,1H3,(H,25,32)(H,26,31). The summed E-state index contributed by atoms with van der Waals surface area (Å²) in [4.78, 5) is 30.3. The minimum absolute atomic E-state index is 0.0630. The maximum atomic E-state index is 12.8. The van der Waals surface area contributed by atoms with Crippen LogP contribution in [0.4, 0.5) is 5.82 Å². The summed E-state index contributed by atoms with van der Waals surface area (Å²) in [5.41, 5.74) is 3.49. The van der Waals surface area contributed by atoms with Crippen molar-refractivity contribution in [1.82, 2.24) is 24.2 Å². The van der Waals surface area contributed by atoms with Gasteiger partial charge in [0.2, 0.25) is 5.91 Å². The molecule has 1 amide bonds. The number of carbonyl (C=O) groups excluding carboxylic acids is 1. The first-order chi connectivity index (χ1) is 15.6. The first-order valence-electron chi connectivity index (χ1n) is 10.9. The van der Waals surface area contributed by atoms with Crippen molar-refractivity contribution in [2.75, 3.05) is 25.0 Å². The third kappa shape index (κ3) is 3.97. The van der Waals surface area contributed by atoms with E-state index in [0.29, 0.717) is 12.4 Å². The number of aromatic nitrogens is 4. The Morgan fingerprint density at radius 2 is 1.81 bits per heavy atom. The average Bonchev–Trinajstić information content (AvgIpc) is 3.33. The zero-order chi connectivity index (χ0) is 22.1. The fourth-order valence-electron chi connectivity index (χ4n) is 4.51. The molecule has 2 aromatic carbocycles. The third-order valence-corrected chi connectivity index (χ3v) is 6.01. The molecule has 0 aliphatic carbocycles. The summed E-state index contributed by atoms with van der Waals surface area (Å²) in [6.45, 7) is 3.75. The second-order valence-electron chi connectivity index (χ2n) is 8.29. The number of para-hydroxylation sites is 3. The largest absolute Gasteiger partial charge is 0.326 e. The molecule has 2 N–H and O–H groups in total. The van der Waals surface area contributed by atoms with Crippen LogP contribution in [0.5, 0.6) is 0 Å². The number of hydrogen-bond acceptors (Lipinski definition) is 4. The van der Waals surface area contributed by atoms with Crippen molar-refractivity contribution < 1.29 is 4.79 Å². The first kappa shape index (κ1) is 20.3. The number of nitrogens with one attached hydrogen (secondary N) is 2. The molecule has 0 saturated carbocycles. The molecule has 5 rings (SSSR count). The van der Waals surface area contributed by atoms with Crippen LogP contribution >= 0.6 is 0 Å². The molecule has 32 heavy (non-hydrogen) atoms. The molecule has 1 aliphatic heterocycles. The number of aromatic amines is 1. The molecule has 0 atom stereocenters. The molecule has 0 radical (unpaired) electrons. The van der Waals surface area contributed by atoms with Crippen LogP contribution in [-0.4, -0.2) is 49.8 Å². The molecule has 1 saturated heterocycles. The Labute approximate surface area is 185 Å². The Morgan fingerprint density at radius 3 is 2.59 bits per heavy atom. The van der Waals surface area contributed by atoms with Gasteiger partial charge in [-0.15, -0.1) is 0 Å². The minimum atomic E-state index is -0.0650. The van der Waals surface area contributed by atoms with Gasteiger partial charge in [-0.1, -0.05) is 30.3 Å². The maximum Gasteiger partial charge on any atom is 0.326 e. The van der Waals surface area contributed by atoms with Crippen LogP contribution in [0.15, 0.2) is 65.5 Å². The van der Waals surface area contributed by atoms with Gasteiger partial charge >= 0.3 is 5.69 Å². The summed E-state index contributed by atoms with van der Waals surface area (Å²) < 4.78 is 3.62. The molecule has 1 fully saturated rings. The topological polar surface area (TPSA) is 88.0 Å². The summed E-state index contributed by atoms with van der Waals surface area (Å²) in [5, 5.41) is 7.51. The molecule has 2 aromatic heterocycles. The third-order valence-electron chi connectivity index (χ3n) is 6.01. The van der Waals surface area contributed by atoms with Crippen molar-refractivity contribution in [2.45, 2.75) is 25.8 Å². The van der Waals surface area contributed by atoms with E-state index in [9.17, 15) is 9.59 Å². The van der Waals surface area contributed by atoms with Gasteiger partial charge in [0.05, 0.1) is 29.0 Å². The van der Waals surface area contributed by atoms with Gasteiger partial charge < -0.3 is 10.3 Å². The number of likely N-dealkylation sites (tertiary alicyclic amines) is 1. The molecule has 3 heterocycles. The fraction of sp³-hybridized carbons (Fsp3) is 0.292. The molecule has 1 aliphatic rings. The van der Waals surface area contributed by atoms with Gasteiger partial charge in [-0.05, 0) is 44.0 Å². The Hall–Kier alpha value is -3.65. The van der Waals surface area contributed by atoms with Gasteiger partial charge in [-0.2, -0.15) is 5.10 Å². The monoisotopic (exact) mass is 430 g/mol.